The van der Waals surface area contributed by atoms with Crippen LogP contribution in [-0.4, -0.2) is 34.5 Å². The Labute approximate surface area is 178 Å². The van der Waals surface area contributed by atoms with E-state index in [-0.39, 0.29) is 24.5 Å². The summed E-state index contributed by atoms with van der Waals surface area (Å²) in [4.78, 5) is 48.7. The zero-order chi connectivity index (χ0) is 22.0. The van der Waals surface area contributed by atoms with Crippen molar-refractivity contribution in [3.05, 3.63) is 65.7 Å². The molecule has 5 amide bonds. The predicted octanol–water partition coefficient (Wildman–Crippen LogP) is 1.86. The summed E-state index contributed by atoms with van der Waals surface area (Å²) in [5.74, 6) is -1.03. The Bertz CT molecular complexity index is 1100. The maximum atomic E-state index is 12.8. The Morgan fingerprint density at radius 3 is 2.58 bits per heavy atom. The number of carbonyl (C=O) groups is 4. The lowest BCUT2D eigenvalue weighted by Gasteiger charge is -2.24. The molecule has 1 fully saturated rings. The lowest BCUT2D eigenvalue weighted by Crippen LogP contribution is -2.40. The van der Waals surface area contributed by atoms with Crippen molar-refractivity contribution >= 4 is 35.2 Å². The van der Waals surface area contributed by atoms with Gasteiger partial charge in [-0.15, -0.1) is 0 Å². The van der Waals surface area contributed by atoms with Crippen LogP contribution in [0.15, 0.2) is 59.7 Å². The minimum atomic E-state index is -1.22. The molecule has 0 radical (unpaired) electrons. The van der Waals surface area contributed by atoms with Crippen LogP contribution >= 0.6 is 0 Å². The normalized spacial score (nSPS) is 20.7. The largest absolute Gasteiger partial charge is 0.322 e. The fourth-order valence-corrected chi connectivity index (χ4v) is 3.50. The summed E-state index contributed by atoms with van der Waals surface area (Å²) in [6, 6.07) is 15.5. The molecule has 2 aromatic carbocycles. The molecule has 0 bridgehead atoms. The summed E-state index contributed by atoms with van der Waals surface area (Å²) in [6.45, 7) is 1.88. The molecule has 1 saturated heterocycles. The van der Waals surface area contributed by atoms with Gasteiger partial charge in [0.15, 0.2) is 0 Å². The van der Waals surface area contributed by atoms with Crippen molar-refractivity contribution in [2.24, 2.45) is 5.10 Å². The van der Waals surface area contributed by atoms with E-state index in [0.29, 0.717) is 17.8 Å². The first-order chi connectivity index (χ1) is 14.8. The van der Waals surface area contributed by atoms with E-state index in [1.807, 2.05) is 30.3 Å². The third-order valence-electron chi connectivity index (χ3n) is 5.28. The summed E-state index contributed by atoms with van der Waals surface area (Å²) >= 11 is 0. The number of anilines is 1. The van der Waals surface area contributed by atoms with Crippen molar-refractivity contribution in [2.45, 2.75) is 31.8 Å². The lowest BCUT2D eigenvalue weighted by molar-refractivity contribution is -0.132. The van der Waals surface area contributed by atoms with Gasteiger partial charge in [0.2, 0.25) is 5.91 Å². The van der Waals surface area contributed by atoms with Crippen LogP contribution in [0.3, 0.4) is 0 Å². The first-order valence-electron chi connectivity index (χ1n) is 9.82. The van der Waals surface area contributed by atoms with Crippen LogP contribution < -0.4 is 16.0 Å². The van der Waals surface area contributed by atoms with Crippen LogP contribution in [0.1, 0.15) is 30.9 Å². The second-order valence-electron chi connectivity index (χ2n) is 7.55. The zero-order valence-electron chi connectivity index (χ0n) is 16.8. The highest BCUT2D eigenvalue weighted by molar-refractivity contribution is 6.43. The third kappa shape index (κ3) is 4.16. The van der Waals surface area contributed by atoms with Crippen LogP contribution in [0.25, 0.3) is 0 Å². The predicted molar refractivity (Wildman–Crippen MR) is 113 cm³/mol. The van der Waals surface area contributed by atoms with Gasteiger partial charge >= 0.3 is 6.03 Å². The fourth-order valence-electron chi connectivity index (χ4n) is 3.50. The van der Waals surface area contributed by atoms with Gasteiger partial charge < -0.3 is 10.6 Å². The Morgan fingerprint density at radius 1 is 1.10 bits per heavy atom. The summed E-state index contributed by atoms with van der Waals surface area (Å²) in [7, 11) is 0. The first-order valence-corrected chi connectivity index (χ1v) is 9.82. The number of carbonyl (C=O) groups excluding carboxylic acids is 4. The molecular weight excluding hydrogens is 398 g/mol. The fraction of sp³-hybridized carbons (Fsp3) is 0.227. The first kappa shape index (κ1) is 20.3. The number of amides is 5. The zero-order valence-corrected chi connectivity index (χ0v) is 16.8. The highest BCUT2D eigenvalue weighted by Crippen LogP contribution is 2.26. The minimum absolute atomic E-state index is 0.140. The monoisotopic (exact) mass is 419 g/mol. The van der Waals surface area contributed by atoms with E-state index in [1.165, 1.54) is 5.01 Å². The number of hydrogen-bond donors (Lipinski definition) is 3. The molecule has 31 heavy (non-hydrogen) atoms. The van der Waals surface area contributed by atoms with E-state index in [2.05, 4.69) is 21.1 Å². The van der Waals surface area contributed by atoms with Gasteiger partial charge in [0.1, 0.15) is 11.3 Å². The Hall–Kier alpha value is -4.01. The molecule has 9 nitrogen and oxygen atoms in total. The smallest absolute Gasteiger partial charge is 0.321 e. The maximum Gasteiger partial charge on any atom is 0.322 e. The van der Waals surface area contributed by atoms with Gasteiger partial charge in [-0.1, -0.05) is 42.5 Å². The molecule has 1 unspecified atom stereocenters. The SMILES string of the molecule is CC1(c2cccc(NC(=O)C3=NN(Cc4ccccc4)C(=O)CC3)c2)NC(=O)NC1=O. The Kier molecular flexibility index (Phi) is 5.24. The molecule has 4 rings (SSSR count). The number of benzene rings is 2. The molecule has 9 heteroatoms. The third-order valence-corrected chi connectivity index (χ3v) is 5.28. The second-order valence-corrected chi connectivity index (χ2v) is 7.55. The van der Waals surface area contributed by atoms with E-state index in [0.717, 1.165) is 5.56 Å². The molecule has 0 aliphatic carbocycles. The Balaban J connectivity index is 1.50. The molecule has 0 saturated carbocycles. The molecular formula is C22H21N5O4. The highest BCUT2D eigenvalue weighted by Gasteiger charge is 2.43. The molecule has 0 spiro atoms. The number of rotatable bonds is 5. The van der Waals surface area contributed by atoms with Gasteiger partial charge in [-0.2, -0.15) is 5.10 Å². The van der Waals surface area contributed by atoms with Gasteiger partial charge in [0.05, 0.1) is 6.54 Å². The van der Waals surface area contributed by atoms with Crippen LogP contribution in [0.4, 0.5) is 10.5 Å². The number of nitrogens with one attached hydrogen (secondary N) is 3. The van der Waals surface area contributed by atoms with Gasteiger partial charge in [-0.25, -0.2) is 9.80 Å². The van der Waals surface area contributed by atoms with E-state index in [9.17, 15) is 19.2 Å². The van der Waals surface area contributed by atoms with Gasteiger partial charge in [-0.3, -0.25) is 19.7 Å². The second kappa shape index (κ2) is 8.02. The summed E-state index contributed by atoms with van der Waals surface area (Å²) in [5, 5.41) is 13.1. The van der Waals surface area contributed by atoms with E-state index >= 15 is 0 Å². The number of imide groups is 1. The number of urea groups is 1. The van der Waals surface area contributed by atoms with E-state index in [4.69, 9.17) is 0 Å². The minimum Gasteiger partial charge on any atom is -0.321 e. The van der Waals surface area contributed by atoms with Gasteiger partial charge in [0, 0.05) is 18.5 Å². The average molecular weight is 419 g/mol. The number of nitrogens with zero attached hydrogens (tertiary/aromatic N) is 2. The molecule has 2 aliphatic heterocycles. The van der Waals surface area contributed by atoms with Crippen molar-refractivity contribution in [1.82, 2.24) is 15.6 Å². The highest BCUT2D eigenvalue weighted by atomic mass is 16.2. The van der Waals surface area contributed by atoms with Crippen molar-refractivity contribution in [1.29, 1.82) is 0 Å². The van der Waals surface area contributed by atoms with Crippen LogP contribution in [0.5, 0.6) is 0 Å². The standard InChI is InChI=1S/C22H21N5O4/c1-22(20(30)24-21(31)25-22)15-8-5-9-16(12-15)23-19(29)17-10-11-18(28)27(26-17)13-14-6-3-2-4-7-14/h2-9,12H,10-11,13H2,1H3,(H,23,29)(H2,24,25,30,31). The van der Waals surface area contributed by atoms with Gasteiger partial charge in [-0.05, 0) is 30.2 Å². The van der Waals surface area contributed by atoms with Gasteiger partial charge in [0.25, 0.3) is 11.8 Å². The van der Waals surface area contributed by atoms with Crippen LogP contribution in [0.2, 0.25) is 0 Å². The number of hydrazone groups is 1. The van der Waals surface area contributed by atoms with E-state index < -0.39 is 23.4 Å². The molecule has 158 valence electrons. The molecule has 1 atom stereocenters. The van der Waals surface area contributed by atoms with E-state index in [1.54, 1.807) is 31.2 Å². The summed E-state index contributed by atoms with van der Waals surface area (Å²) < 4.78 is 0. The molecule has 2 aromatic rings. The van der Waals surface area contributed by atoms with Crippen molar-refractivity contribution in [3.63, 3.8) is 0 Å². The quantitative estimate of drug-likeness (QED) is 0.641. The molecule has 3 N–H and O–H groups in total. The summed E-state index contributed by atoms with van der Waals surface area (Å²) in [5.41, 5.74) is 0.921. The van der Waals surface area contributed by atoms with Crippen molar-refractivity contribution < 1.29 is 19.2 Å². The summed E-state index contributed by atoms with van der Waals surface area (Å²) in [6.07, 6.45) is 0.440. The molecule has 0 aromatic heterocycles. The number of hydrogen-bond acceptors (Lipinski definition) is 5. The van der Waals surface area contributed by atoms with Crippen LogP contribution in [-0.2, 0) is 26.5 Å². The topological polar surface area (TPSA) is 120 Å². The lowest BCUT2D eigenvalue weighted by atomic mass is 9.92. The molecule has 2 heterocycles. The maximum absolute atomic E-state index is 12.8. The van der Waals surface area contributed by atoms with Crippen molar-refractivity contribution in [2.75, 3.05) is 5.32 Å². The van der Waals surface area contributed by atoms with Crippen molar-refractivity contribution in [3.8, 4) is 0 Å². The average Bonchev–Trinajstić information content (AvgIpc) is 3.03. The van der Waals surface area contributed by atoms with Crippen LogP contribution in [0, 0.1) is 0 Å². The molecule has 2 aliphatic rings. The Morgan fingerprint density at radius 2 is 1.87 bits per heavy atom.